The van der Waals surface area contributed by atoms with Crippen molar-refractivity contribution in [1.29, 1.82) is 0 Å². The number of nitrogens with one attached hydrogen (secondary N) is 2. The second-order valence-corrected chi connectivity index (χ2v) is 10.5. The Hall–Kier alpha value is -3.70. The van der Waals surface area contributed by atoms with Crippen molar-refractivity contribution in [2.45, 2.75) is 33.1 Å². The lowest BCUT2D eigenvalue weighted by Gasteiger charge is -2.06. The topological polar surface area (TPSA) is 57.4 Å². The van der Waals surface area contributed by atoms with Crippen LogP contribution in [-0.4, -0.2) is 19.9 Å². The molecule has 3 heterocycles. The van der Waals surface area contributed by atoms with Gasteiger partial charge in [-0.2, -0.15) is 0 Å². The van der Waals surface area contributed by atoms with Crippen LogP contribution in [-0.2, 0) is 6.42 Å². The van der Waals surface area contributed by atoms with Gasteiger partial charge in [-0.15, -0.1) is 11.3 Å². The van der Waals surface area contributed by atoms with Crippen LogP contribution in [0.4, 0.5) is 0 Å². The summed E-state index contributed by atoms with van der Waals surface area (Å²) in [7, 11) is 0. The number of benzene rings is 4. The minimum absolute atomic E-state index is 0.382. The summed E-state index contributed by atoms with van der Waals surface area (Å²) in [6.45, 7) is 6.47. The molecule has 5 heteroatoms. The van der Waals surface area contributed by atoms with E-state index in [1.54, 1.807) is 0 Å². The Bertz CT molecular complexity index is 1880. The number of fused-ring (bicyclic) bond motifs is 7. The molecule has 0 aliphatic carbocycles. The molecule has 0 unspecified atom stereocenters. The molecule has 0 bridgehead atoms. The molecule has 7 aromatic rings. The highest BCUT2D eigenvalue weighted by atomic mass is 32.1. The fourth-order valence-electron chi connectivity index (χ4n) is 4.96. The van der Waals surface area contributed by atoms with Crippen molar-refractivity contribution in [1.82, 2.24) is 19.9 Å². The highest BCUT2D eigenvalue weighted by Crippen LogP contribution is 2.39. The predicted octanol–water partition coefficient (Wildman–Crippen LogP) is 8.31. The summed E-state index contributed by atoms with van der Waals surface area (Å²) < 4.78 is 2.59. The number of nitrogens with zero attached hydrogens (tertiary/aromatic N) is 2. The zero-order valence-corrected chi connectivity index (χ0v) is 20.2. The minimum atomic E-state index is 0.382. The molecule has 0 fully saturated rings. The Morgan fingerprint density at radius 3 is 2.38 bits per heavy atom. The molecule has 0 aliphatic rings. The number of aromatic nitrogens is 4. The van der Waals surface area contributed by atoms with Crippen LogP contribution < -0.4 is 0 Å². The maximum absolute atomic E-state index is 4.76. The van der Waals surface area contributed by atoms with E-state index in [-0.39, 0.29) is 0 Å². The molecule has 166 valence electrons. The smallest absolute Gasteiger partial charge is 0.109 e. The first-order valence-electron chi connectivity index (χ1n) is 11.8. The maximum Gasteiger partial charge on any atom is 0.109 e. The highest BCUT2D eigenvalue weighted by molar-refractivity contribution is 7.25. The molecule has 0 saturated heterocycles. The van der Waals surface area contributed by atoms with Crippen LogP contribution in [0.15, 0.2) is 60.7 Å². The van der Waals surface area contributed by atoms with Crippen LogP contribution in [0.25, 0.3) is 64.1 Å². The number of imidazole rings is 2. The molecule has 4 nitrogen and oxygen atoms in total. The molecule has 0 atom stereocenters. The average Bonchev–Trinajstić information content (AvgIpc) is 3.55. The number of aromatic amines is 2. The molecule has 34 heavy (non-hydrogen) atoms. The van der Waals surface area contributed by atoms with Gasteiger partial charge in [0, 0.05) is 37.9 Å². The van der Waals surface area contributed by atoms with E-state index < -0.39 is 0 Å². The summed E-state index contributed by atoms with van der Waals surface area (Å²) in [5.74, 6) is 2.47. The fourth-order valence-corrected chi connectivity index (χ4v) is 6.12. The van der Waals surface area contributed by atoms with Gasteiger partial charge in [0.2, 0.25) is 0 Å². The lowest BCUT2D eigenvalue weighted by atomic mass is 9.99. The van der Waals surface area contributed by atoms with Gasteiger partial charge in [0.25, 0.3) is 0 Å². The SMILES string of the molecule is CCc1nc2cc3sc4cc(-c5ccc6c(ccc7nc(C(C)C)[nH]c76)c5)ccc4c3cc2[nH]1. The normalized spacial score (nSPS) is 12.4. The zero-order valence-electron chi connectivity index (χ0n) is 19.4. The second kappa shape index (κ2) is 7.15. The third-order valence-corrected chi connectivity index (χ3v) is 7.95. The fraction of sp³-hybridized carbons (Fsp3) is 0.172. The van der Waals surface area contributed by atoms with Gasteiger partial charge in [0.1, 0.15) is 11.6 Å². The molecule has 3 aromatic heterocycles. The summed E-state index contributed by atoms with van der Waals surface area (Å²) in [6.07, 6.45) is 0.920. The van der Waals surface area contributed by atoms with Gasteiger partial charge in [-0.25, -0.2) is 9.97 Å². The monoisotopic (exact) mass is 460 g/mol. The van der Waals surface area contributed by atoms with E-state index in [9.17, 15) is 0 Å². The predicted molar refractivity (Wildman–Crippen MR) is 145 cm³/mol. The summed E-state index contributed by atoms with van der Waals surface area (Å²) in [4.78, 5) is 16.5. The van der Waals surface area contributed by atoms with E-state index in [2.05, 4.69) is 91.4 Å². The largest absolute Gasteiger partial charge is 0.342 e. The molecule has 0 radical (unpaired) electrons. The van der Waals surface area contributed by atoms with E-state index in [0.717, 1.165) is 40.1 Å². The lowest BCUT2D eigenvalue weighted by molar-refractivity contribution is 0.799. The lowest BCUT2D eigenvalue weighted by Crippen LogP contribution is -1.88. The third-order valence-electron chi connectivity index (χ3n) is 6.83. The van der Waals surface area contributed by atoms with Crippen molar-refractivity contribution in [3.05, 3.63) is 72.3 Å². The zero-order chi connectivity index (χ0) is 23.0. The van der Waals surface area contributed by atoms with Crippen LogP contribution in [0.5, 0.6) is 0 Å². The molecular weight excluding hydrogens is 436 g/mol. The first-order valence-corrected chi connectivity index (χ1v) is 12.7. The summed E-state index contributed by atoms with van der Waals surface area (Å²) >= 11 is 1.85. The van der Waals surface area contributed by atoms with Crippen LogP contribution in [0.1, 0.15) is 38.3 Å². The van der Waals surface area contributed by atoms with Gasteiger partial charge < -0.3 is 9.97 Å². The van der Waals surface area contributed by atoms with Crippen molar-refractivity contribution in [2.75, 3.05) is 0 Å². The van der Waals surface area contributed by atoms with Crippen LogP contribution in [0.2, 0.25) is 0 Å². The molecule has 0 aliphatic heterocycles. The Kier molecular flexibility index (Phi) is 4.15. The molecule has 7 rings (SSSR count). The summed E-state index contributed by atoms with van der Waals surface area (Å²) in [5.41, 5.74) is 6.81. The van der Waals surface area contributed by atoms with Crippen LogP contribution >= 0.6 is 11.3 Å². The molecule has 2 N–H and O–H groups in total. The second-order valence-electron chi connectivity index (χ2n) is 9.39. The first kappa shape index (κ1) is 19.7. The van der Waals surface area contributed by atoms with Crippen LogP contribution in [0.3, 0.4) is 0 Å². The van der Waals surface area contributed by atoms with Crippen LogP contribution in [0, 0.1) is 0 Å². The van der Waals surface area contributed by atoms with E-state index in [1.807, 2.05) is 11.3 Å². The molecule has 0 spiro atoms. The first-order chi connectivity index (χ1) is 16.6. The number of aryl methyl sites for hydroxylation is 1. The van der Waals surface area contributed by atoms with Gasteiger partial charge in [-0.1, -0.05) is 51.1 Å². The minimum Gasteiger partial charge on any atom is -0.342 e. The van der Waals surface area contributed by atoms with Gasteiger partial charge in [0.05, 0.1) is 22.1 Å². The van der Waals surface area contributed by atoms with Crippen molar-refractivity contribution >= 4 is 64.3 Å². The summed E-state index contributed by atoms with van der Waals surface area (Å²) in [6, 6.07) is 22.4. The summed E-state index contributed by atoms with van der Waals surface area (Å²) in [5, 5.41) is 5.05. The Labute approximate surface area is 200 Å². The number of H-pyrrole nitrogens is 2. The average molecular weight is 461 g/mol. The van der Waals surface area contributed by atoms with Gasteiger partial charge >= 0.3 is 0 Å². The molecule has 0 saturated carbocycles. The van der Waals surface area contributed by atoms with E-state index in [0.29, 0.717) is 5.92 Å². The number of thiophene rings is 1. The van der Waals surface area contributed by atoms with Gasteiger partial charge in [-0.3, -0.25) is 0 Å². The highest BCUT2D eigenvalue weighted by Gasteiger charge is 2.12. The van der Waals surface area contributed by atoms with Crippen molar-refractivity contribution < 1.29 is 0 Å². The Morgan fingerprint density at radius 2 is 1.56 bits per heavy atom. The number of hydrogen-bond donors (Lipinski definition) is 2. The van der Waals surface area contributed by atoms with Crippen molar-refractivity contribution in [3.63, 3.8) is 0 Å². The van der Waals surface area contributed by atoms with E-state index in [1.165, 1.54) is 42.1 Å². The number of hydrogen-bond acceptors (Lipinski definition) is 3. The van der Waals surface area contributed by atoms with Crippen molar-refractivity contribution in [2.24, 2.45) is 0 Å². The molecule has 0 amide bonds. The van der Waals surface area contributed by atoms with Gasteiger partial charge in [0.15, 0.2) is 0 Å². The van der Waals surface area contributed by atoms with E-state index in [4.69, 9.17) is 9.97 Å². The third kappa shape index (κ3) is 2.90. The quantitative estimate of drug-likeness (QED) is 0.278. The molecular formula is C29H24N4S. The number of rotatable bonds is 3. The van der Waals surface area contributed by atoms with Gasteiger partial charge in [-0.05, 0) is 46.8 Å². The standard InChI is InChI=1S/C29H24N4S/c1-4-27-30-23-13-21-20-9-6-17(12-25(20)34-26(21)14-24(23)31-27)16-5-8-19-18(11-16)7-10-22-28(19)33-29(32-22)15(2)3/h5-15H,4H2,1-3H3,(H,30,31)(H,32,33). The van der Waals surface area contributed by atoms with E-state index >= 15 is 0 Å². The molecule has 4 aromatic carbocycles. The Morgan fingerprint density at radius 1 is 0.765 bits per heavy atom. The maximum atomic E-state index is 4.76. The Balaban J connectivity index is 1.35. The van der Waals surface area contributed by atoms with Crippen molar-refractivity contribution in [3.8, 4) is 11.1 Å².